The predicted molar refractivity (Wildman–Crippen MR) is 278 cm³/mol. The molecule has 3 unspecified atom stereocenters. The molecule has 1 fully saturated rings. The molecule has 5 N–H and O–H groups in total. The van der Waals surface area contributed by atoms with E-state index >= 15 is 9.59 Å². The summed E-state index contributed by atoms with van der Waals surface area (Å²) in [7, 11) is 1.68. The van der Waals surface area contributed by atoms with Crippen molar-refractivity contribution in [2.24, 2.45) is 16.7 Å². The second kappa shape index (κ2) is 22.8. The van der Waals surface area contributed by atoms with Gasteiger partial charge >= 0.3 is 0 Å². The van der Waals surface area contributed by atoms with Gasteiger partial charge in [0.05, 0.1) is 12.1 Å². The third-order valence-corrected chi connectivity index (χ3v) is 15.1. The van der Waals surface area contributed by atoms with Gasteiger partial charge < -0.3 is 40.8 Å². The van der Waals surface area contributed by atoms with Gasteiger partial charge in [-0.1, -0.05) is 128 Å². The quantitative estimate of drug-likeness (QED) is 0.0844. The number of amides is 6. The fraction of sp³-hybridized carbons (Fsp3) is 0.544. The van der Waals surface area contributed by atoms with Gasteiger partial charge in [0, 0.05) is 44.7 Å². The van der Waals surface area contributed by atoms with E-state index < -0.39 is 58.9 Å². The van der Waals surface area contributed by atoms with Crippen LogP contribution >= 0.6 is 0 Å². The van der Waals surface area contributed by atoms with E-state index in [1.807, 2.05) is 116 Å². The summed E-state index contributed by atoms with van der Waals surface area (Å²) in [6.07, 6.45) is 4.09. The number of likely N-dealkylation sites (N-methyl/N-ethyl adjacent to an activating group) is 1. The Kier molecular flexibility index (Phi) is 17.0. The van der Waals surface area contributed by atoms with E-state index in [4.69, 9.17) is 4.42 Å². The molecule has 6 amide bonds. The van der Waals surface area contributed by atoms with E-state index in [2.05, 4.69) is 48.9 Å². The molecule has 16 heteroatoms. The summed E-state index contributed by atoms with van der Waals surface area (Å²) in [6.45, 7) is 18.8. The van der Waals surface area contributed by atoms with Gasteiger partial charge in [-0.25, -0.2) is 0 Å². The van der Waals surface area contributed by atoms with Gasteiger partial charge in [0.25, 0.3) is 0 Å². The molecule has 9 atom stereocenters. The van der Waals surface area contributed by atoms with Crippen LogP contribution in [0.3, 0.4) is 0 Å². The molecule has 3 heterocycles. The normalized spacial score (nSPS) is 20.9. The molecular formula is C57H77N9O7. The smallest absolute Gasteiger partial charge is 0.246 e. The van der Waals surface area contributed by atoms with Crippen LogP contribution in [0, 0.1) is 23.7 Å². The van der Waals surface area contributed by atoms with Crippen molar-refractivity contribution in [2.45, 2.75) is 169 Å². The van der Waals surface area contributed by atoms with Crippen LogP contribution in [-0.2, 0) is 54.6 Å². The minimum absolute atomic E-state index is 0.0962. The molecule has 0 bridgehead atoms. The Bertz CT molecular complexity index is 2640. The lowest BCUT2D eigenvalue weighted by molar-refractivity contribution is -0.147. The lowest BCUT2D eigenvalue weighted by Crippen LogP contribution is -2.61. The van der Waals surface area contributed by atoms with E-state index in [9.17, 15) is 19.2 Å². The number of fused-ring (bicyclic) bond motifs is 2. The highest BCUT2D eigenvalue weighted by Crippen LogP contribution is 2.38. The highest BCUT2D eigenvalue weighted by molar-refractivity contribution is 5.95. The van der Waals surface area contributed by atoms with Crippen molar-refractivity contribution >= 4 is 35.4 Å². The number of rotatable bonds is 16. The molecule has 1 aromatic heterocycles. The maximum Gasteiger partial charge on any atom is 0.246 e. The zero-order chi connectivity index (χ0) is 52.9. The first-order chi connectivity index (χ1) is 34.6. The largest absolute Gasteiger partial charge is 0.423 e. The van der Waals surface area contributed by atoms with E-state index in [1.165, 1.54) is 5.56 Å². The van der Waals surface area contributed by atoms with E-state index in [0.29, 0.717) is 18.7 Å². The molecule has 7 rings (SSSR count). The summed E-state index contributed by atoms with van der Waals surface area (Å²) >= 11 is 0. The minimum atomic E-state index is -0.978. The number of hydrogen-bond donors (Lipinski definition) is 5. The van der Waals surface area contributed by atoms with E-state index in [-0.39, 0.29) is 73.3 Å². The topological polar surface area (TPSA) is 208 Å². The predicted octanol–water partition coefficient (Wildman–Crippen LogP) is 6.33. The van der Waals surface area contributed by atoms with Crippen molar-refractivity contribution in [2.75, 3.05) is 13.6 Å². The number of aromatic nitrogens is 2. The number of aryl methyl sites for hydroxylation is 2. The number of nitrogens with one attached hydrogen (secondary N) is 5. The fourth-order valence-electron chi connectivity index (χ4n) is 10.3. The molecule has 2 aliphatic heterocycles. The number of hydrogen-bond acceptors (Lipinski definition) is 10. The van der Waals surface area contributed by atoms with Crippen molar-refractivity contribution < 1.29 is 33.2 Å². The highest BCUT2D eigenvalue weighted by Gasteiger charge is 2.47. The monoisotopic (exact) mass is 1000 g/mol. The fourth-order valence-corrected chi connectivity index (χ4v) is 10.3. The number of carbonyl (C=O) groups excluding carboxylic acids is 6. The average Bonchev–Trinajstić information content (AvgIpc) is 4.02. The number of carbonyl (C=O) groups is 6. The summed E-state index contributed by atoms with van der Waals surface area (Å²) in [4.78, 5) is 90.1. The van der Waals surface area contributed by atoms with Crippen LogP contribution in [0.5, 0.6) is 0 Å². The second-order valence-electron chi connectivity index (χ2n) is 22.7. The molecule has 3 aromatic carbocycles. The van der Waals surface area contributed by atoms with Gasteiger partial charge in [-0.2, -0.15) is 0 Å². The summed E-state index contributed by atoms with van der Waals surface area (Å²) < 4.78 is 5.88. The lowest BCUT2D eigenvalue weighted by Gasteiger charge is -2.42. The molecule has 0 spiro atoms. The van der Waals surface area contributed by atoms with E-state index in [1.54, 1.807) is 30.7 Å². The van der Waals surface area contributed by atoms with Gasteiger partial charge in [0.2, 0.25) is 47.2 Å². The van der Waals surface area contributed by atoms with Crippen molar-refractivity contribution in [3.63, 3.8) is 0 Å². The molecular weight excluding hydrogens is 923 g/mol. The second-order valence-corrected chi connectivity index (χ2v) is 22.7. The number of likely N-dealkylation sites (tertiary alicyclic amines) is 1. The average molecular weight is 1000 g/mol. The maximum absolute atomic E-state index is 15.2. The Morgan fingerprint density at radius 2 is 1.41 bits per heavy atom. The Balaban J connectivity index is 1.24. The Morgan fingerprint density at radius 1 is 0.753 bits per heavy atom. The zero-order valence-electron chi connectivity index (χ0n) is 44.6. The van der Waals surface area contributed by atoms with Crippen LogP contribution < -0.4 is 26.6 Å². The molecule has 1 saturated heterocycles. The number of nitrogens with zero attached hydrogens (tertiary/aromatic N) is 4. The molecule has 3 aliphatic rings. The molecule has 73 heavy (non-hydrogen) atoms. The van der Waals surface area contributed by atoms with Crippen molar-refractivity contribution in [1.82, 2.24) is 46.6 Å². The van der Waals surface area contributed by atoms with Gasteiger partial charge in [-0.3, -0.25) is 28.8 Å². The van der Waals surface area contributed by atoms with Crippen molar-refractivity contribution in [3.05, 3.63) is 118 Å². The summed E-state index contributed by atoms with van der Waals surface area (Å²) in [5.74, 6) is -2.05. The standard InChI is InChI=1S/C57H77N9O7/c1-12-33(2)49(67)61-47(56(5,6)7)54(71)65-31-40-28-38(25-26-39(40)29-45(65)51(69)59-43-24-18-22-37-21-16-17-23-42(37)43)41-30-46(66(32-41)55(72)48(57(8,9)10)62-50(68)34(3)58-11)52(70)60-44(53-64-63-35(4)73-53)27-36-19-14-13-15-20-36/h13-17,19-21,23,25-26,28,33-34,41,43-48,58H,12,18,22,24,27,29-32H2,1-11H3,(H,59,69)(H,60,70)(H,61,67)(H,62,68)/t33-,34+,41?,43?,44?,45+,46+,47-,48-/m1/s1. The number of benzene rings is 3. The Labute approximate surface area is 431 Å². The van der Waals surface area contributed by atoms with Gasteiger partial charge in [0.15, 0.2) is 0 Å². The lowest BCUT2D eigenvalue weighted by atomic mass is 9.83. The zero-order valence-corrected chi connectivity index (χ0v) is 44.6. The molecule has 1 aliphatic carbocycles. The maximum atomic E-state index is 15.2. The third-order valence-electron chi connectivity index (χ3n) is 15.1. The first-order valence-corrected chi connectivity index (χ1v) is 26.1. The third kappa shape index (κ3) is 12.7. The van der Waals surface area contributed by atoms with Crippen LogP contribution in [0.2, 0.25) is 0 Å². The first kappa shape index (κ1) is 54.4. The van der Waals surface area contributed by atoms with Gasteiger partial charge in [-0.15, -0.1) is 10.2 Å². The Hall–Kier alpha value is -6.42. The molecule has 0 radical (unpaired) electrons. The van der Waals surface area contributed by atoms with Crippen LogP contribution in [0.4, 0.5) is 0 Å². The Morgan fingerprint density at radius 3 is 2.05 bits per heavy atom. The summed E-state index contributed by atoms with van der Waals surface area (Å²) in [5.41, 5.74) is 4.39. The molecule has 4 aromatic rings. The van der Waals surface area contributed by atoms with Crippen LogP contribution in [0.15, 0.2) is 77.2 Å². The van der Waals surface area contributed by atoms with Crippen molar-refractivity contribution in [3.8, 4) is 0 Å². The van der Waals surface area contributed by atoms with Crippen LogP contribution in [-0.4, -0.2) is 99.2 Å². The summed E-state index contributed by atoms with van der Waals surface area (Å²) in [5, 5.41) is 23.8. The molecule has 392 valence electrons. The first-order valence-electron chi connectivity index (χ1n) is 26.1. The minimum Gasteiger partial charge on any atom is -0.423 e. The van der Waals surface area contributed by atoms with Gasteiger partial charge in [-0.05, 0) is 90.3 Å². The van der Waals surface area contributed by atoms with Gasteiger partial charge in [0.1, 0.15) is 30.2 Å². The van der Waals surface area contributed by atoms with Crippen LogP contribution in [0.1, 0.15) is 151 Å². The van der Waals surface area contributed by atoms with E-state index in [0.717, 1.165) is 47.1 Å². The molecule has 16 nitrogen and oxygen atoms in total. The summed E-state index contributed by atoms with van der Waals surface area (Å²) in [6, 6.07) is 18.6. The SMILES string of the molecule is CC[C@@H](C)C(=O)N[C@H](C(=O)N1Cc2cc(C3C[C@@H](C(=O)NC(Cc4ccccc4)c4nnc(C)o4)N(C(=O)[C@@H](NC(=O)[C@H](C)NC)C(C)(C)C)C3)ccc2C[C@H]1C(=O)NC1CCCc2ccccc21)C(C)(C)C. The van der Waals surface area contributed by atoms with Crippen LogP contribution in [0.25, 0.3) is 0 Å². The molecule has 0 saturated carbocycles. The highest BCUT2D eigenvalue weighted by atomic mass is 16.4. The van der Waals surface area contributed by atoms with Crippen molar-refractivity contribution in [1.29, 1.82) is 0 Å².